The number of aromatic amines is 1. The molecular weight excluding hydrogens is 292 g/mol. The number of nitrogens with one attached hydrogen (secondary N) is 2. The summed E-state index contributed by atoms with van der Waals surface area (Å²) in [6, 6.07) is 14.8. The number of carbonyl (C=O) groups excluding carboxylic acids is 1. The van der Waals surface area contributed by atoms with Gasteiger partial charge in [-0.25, -0.2) is 0 Å². The highest BCUT2D eigenvalue weighted by molar-refractivity contribution is 5.94. The van der Waals surface area contributed by atoms with E-state index in [9.17, 15) is 4.79 Å². The van der Waals surface area contributed by atoms with E-state index in [0.29, 0.717) is 5.82 Å². The standard InChI is InChI=1S/C17H16N4O2/c1-23-16(13-5-3-2-4-6-13)17(22)19-15-11-14(20-21-15)12-7-9-18-10-8-12/h2-11,16H,1H3,(H2,19,20,21,22)/t16-/m1/s1. The zero-order valence-corrected chi connectivity index (χ0v) is 12.6. The highest BCUT2D eigenvalue weighted by Crippen LogP contribution is 2.21. The third-order valence-corrected chi connectivity index (χ3v) is 3.40. The van der Waals surface area contributed by atoms with Gasteiger partial charge in [-0.3, -0.25) is 14.9 Å². The lowest BCUT2D eigenvalue weighted by Gasteiger charge is -2.14. The summed E-state index contributed by atoms with van der Waals surface area (Å²) in [6.07, 6.45) is 2.72. The van der Waals surface area contributed by atoms with Crippen LogP contribution in [0, 0.1) is 0 Å². The topological polar surface area (TPSA) is 79.9 Å². The van der Waals surface area contributed by atoms with Gasteiger partial charge in [-0.1, -0.05) is 30.3 Å². The largest absolute Gasteiger partial charge is 0.367 e. The predicted octanol–water partition coefficient (Wildman–Crippen LogP) is 2.80. The Bertz CT molecular complexity index is 772. The Morgan fingerprint density at radius 2 is 1.91 bits per heavy atom. The van der Waals surface area contributed by atoms with Crippen LogP contribution in [0.1, 0.15) is 11.7 Å². The molecule has 1 atom stereocenters. The lowest BCUT2D eigenvalue weighted by Crippen LogP contribution is -2.22. The summed E-state index contributed by atoms with van der Waals surface area (Å²) < 4.78 is 5.30. The fourth-order valence-electron chi connectivity index (χ4n) is 2.28. The highest BCUT2D eigenvalue weighted by atomic mass is 16.5. The molecule has 0 saturated heterocycles. The maximum atomic E-state index is 12.4. The average molecular weight is 308 g/mol. The molecule has 6 heteroatoms. The average Bonchev–Trinajstić information content (AvgIpc) is 3.06. The van der Waals surface area contributed by atoms with Gasteiger partial charge < -0.3 is 10.1 Å². The quantitative estimate of drug-likeness (QED) is 0.759. The molecule has 3 rings (SSSR count). The van der Waals surface area contributed by atoms with Crippen LogP contribution in [-0.4, -0.2) is 28.2 Å². The monoisotopic (exact) mass is 308 g/mol. The second-order valence-electron chi connectivity index (χ2n) is 4.92. The van der Waals surface area contributed by atoms with Crippen molar-refractivity contribution in [3.63, 3.8) is 0 Å². The number of hydrogen-bond acceptors (Lipinski definition) is 4. The number of amides is 1. The third kappa shape index (κ3) is 3.44. The zero-order valence-electron chi connectivity index (χ0n) is 12.6. The van der Waals surface area contributed by atoms with Crippen molar-refractivity contribution in [3.05, 3.63) is 66.5 Å². The molecule has 0 aliphatic carbocycles. The van der Waals surface area contributed by atoms with E-state index in [0.717, 1.165) is 16.8 Å². The van der Waals surface area contributed by atoms with E-state index in [2.05, 4.69) is 20.5 Å². The SMILES string of the molecule is CO[C@@H](C(=O)Nc1cc(-c2ccncc2)[nH]n1)c1ccccc1. The molecule has 0 unspecified atom stereocenters. The van der Waals surface area contributed by atoms with E-state index >= 15 is 0 Å². The highest BCUT2D eigenvalue weighted by Gasteiger charge is 2.20. The van der Waals surface area contributed by atoms with Crippen molar-refractivity contribution < 1.29 is 9.53 Å². The molecule has 0 radical (unpaired) electrons. The Morgan fingerprint density at radius 3 is 2.61 bits per heavy atom. The Hall–Kier alpha value is -2.99. The Labute approximate surface area is 133 Å². The fraction of sp³-hybridized carbons (Fsp3) is 0.118. The van der Waals surface area contributed by atoms with Crippen molar-refractivity contribution in [1.82, 2.24) is 15.2 Å². The maximum absolute atomic E-state index is 12.4. The number of benzene rings is 1. The molecule has 6 nitrogen and oxygen atoms in total. The molecule has 0 spiro atoms. The molecule has 1 aromatic carbocycles. The first kappa shape index (κ1) is 14.9. The van der Waals surface area contributed by atoms with E-state index in [1.165, 1.54) is 7.11 Å². The minimum Gasteiger partial charge on any atom is -0.367 e. The molecule has 1 amide bonds. The molecule has 2 N–H and O–H groups in total. The molecular formula is C17H16N4O2. The first-order valence-corrected chi connectivity index (χ1v) is 7.12. The van der Waals surface area contributed by atoms with Crippen LogP contribution in [0.25, 0.3) is 11.3 Å². The number of hydrogen-bond donors (Lipinski definition) is 2. The maximum Gasteiger partial charge on any atom is 0.259 e. The number of anilines is 1. The summed E-state index contributed by atoms with van der Waals surface area (Å²) in [7, 11) is 1.50. The number of ether oxygens (including phenoxy) is 1. The molecule has 3 aromatic rings. The van der Waals surface area contributed by atoms with Gasteiger partial charge in [0.2, 0.25) is 0 Å². The van der Waals surface area contributed by atoms with Gasteiger partial charge in [-0.15, -0.1) is 0 Å². The van der Waals surface area contributed by atoms with Gasteiger partial charge in [0.25, 0.3) is 5.91 Å². The number of pyridine rings is 1. The molecule has 2 aromatic heterocycles. The van der Waals surface area contributed by atoms with Crippen molar-refractivity contribution in [2.24, 2.45) is 0 Å². The minimum atomic E-state index is -0.683. The molecule has 0 bridgehead atoms. The molecule has 0 fully saturated rings. The van der Waals surface area contributed by atoms with Crippen molar-refractivity contribution >= 4 is 11.7 Å². The van der Waals surface area contributed by atoms with Gasteiger partial charge in [-0.2, -0.15) is 5.10 Å². The van der Waals surface area contributed by atoms with Crippen LogP contribution in [0.15, 0.2) is 60.9 Å². The number of nitrogens with zero attached hydrogens (tertiary/aromatic N) is 2. The number of H-pyrrole nitrogens is 1. The van der Waals surface area contributed by atoms with Gasteiger partial charge in [0.15, 0.2) is 11.9 Å². The van der Waals surface area contributed by atoms with Crippen LogP contribution in [0.2, 0.25) is 0 Å². The summed E-state index contributed by atoms with van der Waals surface area (Å²) >= 11 is 0. The minimum absolute atomic E-state index is 0.272. The molecule has 0 aliphatic heterocycles. The van der Waals surface area contributed by atoms with E-state index in [4.69, 9.17) is 4.74 Å². The van der Waals surface area contributed by atoms with Crippen LogP contribution < -0.4 is 5.32 Å². The second-order valence-corrected chi connectivity index (χ2v) is 4.92. The lowest BCUT2D eigenvalue weighted by atomic mass is 10.1. The van der Waals surface area contributed by atoms with Crippen molar-refractivity contribution in [3.8, 4) is 11.3 Å². The molecule has 116 valence electrons. The normalized spacial score (nSPS) is 11.9. The molecule has 23 heavy (non-hydrogen) atoms. The summed E-state index contributed by atoms with van der Waals surface area (Å²) in [5.41, 5.74) is 2.54. The Balaban J connectivity index is 1.74. The van der Waals surface area contributed by atoms with Crippen LogP contribution in [0.4, 0.5) is 5.82 Å². The van der Waals surface area contributed by atoms with E-state index in [1.54, 1.807) is 18.5 Å². The predicted molar refractivity (Wildman–Crippen MR) is 86.6 cm³/mol. The number of aromatic nitrogens is 3. The summed E-state index contributed by atoms with van der Waals surface area (Å²) in [6.45, 7) is 0. The molecule has 0 saturated carbocycles. The van der Waals surface area contributed by atoms with Gasteiger partial charge in [-0.05, 0) is 17.7 Å². The van der Waals surface area contributed by atoms with E-state index < -0.39 is 6.10 Å². The van der Waals surface area contributed by atoms with Gasteiger partial charge in [0.1, 0.15) is 0 Å². The van der Waals surface area contributed by atoms with Gasteiger partial charge in [0.05, 0.1) is 5.69 Å². The Morgan fingerprint density at radius 1 is 1.17 bits per heavy atom. The van der Waals surface area contributed by atoms with Crippen LogP contribution in [0.3, 0.4) is 0 Å². The first-order valence-electron chi connectivity index (χ1n) is 7.12. The summed E-state index contributed by atoms with van der Waals surface area (Å²) in [4.78, 5) is 16.4. The number of carbonyl (C=O) groups is 1. The zero-order chi connectivity index (χ0) is 16.1. The van der Waals surface area contributed by atoms with Crippen molar-refractivity contribution in [1.29, 1.82) is 0 Å². The number of rotatable bonds is 5. The number of methoxy groups -OCH3 is 1. The van der Waals surface area contributed by atoms with Crippen LogP contribution in [-0.2, 0) is 9.53 Å². The van der Waals surface area contributed by atoms with Gasteiger partial charge in [0, 0.05) is 31.1 Å². The second kappa shape index (κ2) is 6.85. The Kier molecular flexibility index (Phi) is 4.44. The first-order chi connectivity index (χ1) is 11.3. The van der Waals surface area contributed by atoms with Crippen molar-refractivity contribution in [2.75, 3.05) is 12.4 Å². The summed E-state index contributed by atoms with van der Waals surface area (Å²) in [5, 5.41) is 9.76. The molecule has 0 aliphatic rings. The van der Waals surface area contributed by atoms with Gasteiger partial charge >= 0.3 is 0 Å². The van der Waals surface area contributed by atoms with Crippen LogP contribution >= 0.6 is 0 Å². The van der Waals surface area contributed by atoms with Crippen molar-refractivity contribution in [2.45, 2.75) is 6.10 Å². The summed E-state index contributed by atoms with van der Waals surface area (Å²) in [5.74, 6) is 0.172. The molecule has 2 heterocycles. The van der Waals surface area contributed by atoms with E-state index in [-0.39, 0.29) is 5.91 Å². The third-order valence-electron chi connectivity index (χ3n) is 3.40. The van der Waals surface area contributed by atoms with Crippen LogP contribution in [0.5, 0.6) is 0 Å². The fourth-order valence-corrected chi connectivity index (χ4v) is 2.28. The lowest BCUT2D eigenvalue weighted by molar-refractivity contribution is -0.126. The van der Waals surface area contributed by atoms with E-state index in [1.807, 2.05) is 42.5 Å². The smallest absolute Gasteiger partial charge is 0.259 e.